The van der Waals surface area contributed by atoms with Crippen molar-refractivity contribution in [2.24, 2.45) is 5.92 Å². The Balaban J connectivity index is 1.23. The maximum Gasteiger partial charge on any atom is 0.416 e. The van der Waals surface area contributed by atoms with E-state index in [0.29, 0.717) is 23.6 Å². The molecule has 6 nitrogen and oxygen atoms in total. The largest absolute Gasteiger partial charge is 0.416 e. The maximum absolute atomic E-state index is 12.9. The monoisotopic (exact) mass is 470 g/mol. The molecule has 1 N–H and O–H groups in total. The lowest BCUT2D eigenvalue weighted by atomic mass is 9.94. The Kier molecular flexibility index (Phi) is 5.47. The molecule has 1 aliphatic heterocycles. The van der Waals surface area contributed by atoms with Crippen LogP contribution < -0.4 is 11.2 Å². The second-order valence-corrected chi connectivity index (χ2v) is 9.40. The summed E-state index contributed by atoms with van der Waals surface area (Å²) >= 11 is 0. The van der Waals surface area contributed by atoms with Crippen molar-refractivity contribution >= 4 is 0 Å². The van der Waals surface area contributed by atoms with Gasteiger partial charge in [-0.3, -0.25) is 19.3 Å². The molecule has 34 heavy (non-hydrogen) atoms. The van der Waals surface area contributed by atoms with Crippen LogP contribution >= 0.6 is 0 Å². The zero-order valence-corrected chi connectivity index (χ0v) is 18.7. The zero-order chi connectivity index (χ0) is 24.1. The summed E-state index contributed by atoms with van der Waals surface area (Å²) < 4.78 is 40.2. The van der Waals surface area contributed by atoms with E-state index in [-0.39, 0.29) is 5.41 Å². The average Bonchev–Trinajstić information content (AvgIpc) is 3.36. The zero-order valence-electron chi connectivity index (χ0n) is 18.7. The molecule has 9 heteroatoms. The minimum Gasteiger partial charge on any atom is -0.302 e. The maximum atomic E-state index is 12.9. The van der Waals surface area contributed by atoms with Gasteiger partial charge in [-0.25, -0.2) is 4.79 Å². The number of halogens is 3. The van der Waals surface area contributed by atoms with Crippen LogP contribution in [0.2, 0.25) is 0 Å². The third-order valence-electron chi connectivity index (χ3n) is 7.10. The Bertz CT molecular complexity index is 1330. The van der Waals surface area contributed by atoms with Gasteiger partial charge in [0.15, 0.2) is 0 Å². The number of aromatic nitrogens is 3. The molecule has 0 radical (unpaired) electrons. The topological polar surface area (TPSA) is 71.0 Å². The highest BCUT2D eigenvalue weighted by molar-refractivity contribution is 5.61. The van der Waals surface area contributed by atoms with Crippen LogP contribution in [-0.4, -0.2) is 39.1 Å². The molecule has 1 saturated heterocycles. The van der Waals surface area contributed by atoms with Gasteiger partial charge in [-0.2, -0.15) is 13.2 Å². The number of fused-ring (bicyclic) bond motifs is 1. The number of hydrogen-bond acceptors (Lipinski definition) is 4. The summed E-state index contributed by atoms with van der Waals surface area (Å²) in [6.45, 7) is 4.79. The van der Waals surface area contributed by atoms with Gasteiger partial charge in [0, 0.05) is 43.1 Å². The van der Waals surface area contributed by atoms with E-state index >= 15 is 0 Å². The molecule has 2 aliphatic rings. The molecule has 1 aliphatic carbocycles. The van der Waals surface area contributed by atoms with Crippen LogP contribution in [0.4, 0.5) is 13.2 Å². The van der Waals surface area contributed by atoms with Crippen molar-refractivity contribution in [3.05, 3.63) is 86.5 Å². The molecule has 178 valence electrons. The predicted octanol–water partition coefficient (Wildman–Crippen LogP) is 3.59. The number of nitrogens with one attached hydrogen (secondary N) is 1. The van der Waals surface area contributed by atoms with E-state index < -0.39 is 23.0 Å². The number of piperidine rings is 1. The second-order valence-electron chi connectivity index (χ2n) is 9.40. The Morgan fingerprint density at radius 2 is 1.91 bits per heavy atom. The van der Waals surface area contributed by atoms with Crippen molar-refractivity contribution in [3.8, 4) is 11.1 Å². The molecule has 3 heterocycles. The molecule has 2 fully saturated rings. The number of H-pyrrole nitrogens is 1. The summed E-state index contributed by atoms with van der Waals surface area (Å²) in [4.78, 5) is 33.5. The number of alkyl halides is 3. The molecule has 0 spiro atoms. The first-order chi connectivity index (χ1) is 16.2. The smallest absolute Gasteiger partial charge is 0.302 e. The van der Waals surface area contributed by atoms with Crippen molar-refractivity contribution < 1.29 is 13.2 Å². The lowest BCUT2D eigenvalue weighted by molar-refractivity contribution is -0.137. The van der Waals surface area contributed by atoms with Gasteiger partial charge in [-0.15, -0.1) is 0 Å². The summed E-state index contributed by atoms with van der Waals surface area (Å²) in [5.41, 5.74) is 1.36. The fraction of sp³-hybridized carbons (Fsp3) is 0.400. The molecular weight excluding hydrogens is 445 g/mol. The van der Waals surface area contributed by atoms with E-state index in [1.165, 1.54) is 16.7 Å². The molecule has 1 saturated carbocycles. The van der Waals surface area contributed by atoms with Gasteiger partial charge in [-0.05, 0) is 67.6 Å². The minimum absolute atomic E-state index is 0.0503. The van der Waals surface area contributed by atoms with Crippen molar-refractivity contribution in [2.75, 3.05) is 19.6 Å². The normalized spacial score (nSPS) is 22.1. The van der Waals surface area contributed by atoms with Crippen molar-refractivity contribution in [1.82, 2.24) is 19.4 Å². The lowest BCUT2D eigenvalue weighted by Gasteiger charge is -2.21. The van der Waals surface area contributed by atoms with Crippen molar-refractivity contribution in [3.63, 3.8) is 0 Å². The third kappa shape index (κ3) is 4.20. The number of benzene rings is 1. The Morgan fingerprint density at radius 1 is 1.15 bits per heavy atom. The molecule has 0 amide bonds. The van der Waals surface area contributed by atoms with Crippen molar-refractivity contribution in [1.29, 1.82) is 0 Å². The van der Waals surface area contributed by atoms with Gasteiger partial charge in [0.2, 0.25) is 0 Å². The Labute approximate surface area is 194 Å². The van der Waals surface area contributed by atoms with Gasteiger partial charge >= 0.3 is 11.9 Å². The summed E-state index contributed by atoms with van der Waals surface area (Å²) in [5.74, 6) is 0.460. The van der Waals surface area contributed by atoms with Crippen LogP contribution in [0.3, 0.4) is 0 Å². The summed E-state index contributed by atoms with van der Waals surface area (Å²) in [6, 6.07) is 9.13. The van der Waals surface area contributed by atoms with Gasteiger partial charge in [0.25, 0.3) is 5.56 Å². The molecule has 2 atom stereocenters. The SMILES string of the molecule is Cc1cc(-c2cn(CCCN3C[C@@H]4C[C@]4(c4ccc(C(F)(F)F)cc4)C3)c(=O)[nH]c2=O)ccn1. The minimum atomic E-state index is -4.32. The summed E-state index contributed by atoms with van der Waals surface area (Å²) in [6.07, 6.45) is 0.627. The number of likely N-dealkylation sites (tertiary alicyclic amines) is 1. The summed E-state index contributed by atoms with van der Waals surface area (Å²) in [7, 11) is 0. The first-order valence-corrected chi connectivity index (χ1v) is 11.3. The number of aromatic amines is 1. The fourth-order valence-corrected chi connectivity index (χ4v) is 5.25. The quantitative estimate of drug-likeness (QED) is 0.598. The number of rotatable bonds is 6. The van der Waals surface area contributed by atoms with Crippen LogP contribution in [0.25, 0.3) is 11.1 Å². The molecule has 0 unspecified atom stereocenters. The van der Waals surface area contributed by atoms with E-state index in [2.05, 4.69) is 14.9 Å². The Morgan fingerprint density at radius 3 is 2.62 bits per heavy atom. The van der Waals surface area contributed by atoms with Gasteiger partial charge in [0.1, 0.15) is 0 Å². The number of nitrogens with zero attached hydrogens (tertiary/aromatic N) is 3. The highest BCUT2D eigenvalue weighted by Gasteiger charge is 2.60. The molecular formula is C25H25F3N4O2. The van der Waals surface area contributed by atoms with E-state index in [1.54, 1.807) is 36.7 Å². The first kappa shape index (κ1) is 22.6. The number of pyridine rings is 1. The van der Waals surface area contributed by atoms with Crippen molar-refractivity contribution in [2.45, 2.75) is 37.9 Å². The number of hydrogen-bond donors (Lipinski definition) is 1. The van der Waals surface area contributed by atoms with Crippen LogP contribution in [0.1, 0.15) is 29.7 Å². The van der Waals surface area contributed by atoms with Gasteiger partial charge < -0.3 is 4.90 Å². The summed E-state index contributed by atoms with van der Waals surface area (Å²) in [5, 5.41) is 0. The highest BCUT2D eigenvalue weighted by atomic mass is 19.4. The molecule has 0 bridgehead atoms. The standard InChI is InChI=1S/C25H25F3N4O2/c1-16-11-17(7-8-29-16)21-14-32(23(34)30-22(21)33)10-2-9-31-13-20-12-24(20,15-31)18-3-5-19(6-4-18)25(26,27)28/h3-8,11,14,20H,2,9-10,12-13,15H2,1H3,(H,30,33,34)/t20-,24+/m0/s1. The first-order valence-electron chi connectivity index (χ1n) is 11.3. The number of aryl methyl sites for hydroxylation is 2. The molecule has 2 aromatic heterocycles. The third-order valence-corrected chi connectivity index (χ3v) is 7.10. The average molecular weight is 470 g/mol. The van der Waals surface area contributed by atoms with E-state index in [1.807, 2.05) is 6.92 Å². The van der Waals surface area contributed by atoms with Gasteiger partial charge in [-0.1, -0.05) is 12.1 Å². The highest BCUT2D eigenvalue weighted by Crippen LogP contribution is 2.59. The van der Waals surface area contributed by atoms with Crippen LogP contribution in [0.15, 0.2) is 58.4 Å². The molecule has 5 rings (SSSR count). The molecule has 1 aromatic carbocycles. The molecule has 3 aromatic rings. The van der Waals surface area contributed by atoms with Gasteiger partial charge in [0.05, 0.1) is 11.1 Å². The fourth-order valence-electron chi connectivity index (χ4n) is 5.25. The van der Waals surface area contributed by atoms with E-state index in [0.717, 1.165) is 43.7 Å². The van der Waals surface area contributed by atoms with E-state index in [4.69, 9.17) is 0 Å². The van der Waals surface area contributed by atoms with Crippen LogP contribution in [0.5, 0.6) is 0 Å². The lowest BCUT2D eigenvalue weighted by Crippen LogP contribution is -2.32. The van der Waals surface area contributed by atoms with Crippen LogP contribution in [0, 0.1) is 12.8 Å². The Hall–Kier alpha value is -3.20. The predicted molar refractivity (Wildman–Crippen MR) is 122 cm³/mol. The van der Waals surface area contributed by atoms with E-state index in [9.17, 15) is 22.8 Å². The van der Waals surface area contributed by atoms with Crippen LogP contribution in [-0.2, 0) is 18.1 Å². The second kappa shape index (κ2) is 8.23.